The van der Waals surface area contributed by atoms with Crippen molar-refractivity contribution in [3.05, 3.63) is 11.1 Å². The summed E-state index contributed by atoms with van der Waals surface area (Å²) in [5, 5.41) is 0. The average molecular weight is 317 g/mol. The van der Waals surface area contributed by atoms with Gasteiger partial charge in [-0.15, -0.1) is 0 Å². The molecule has 0 aromatic rings. The number of ether oxygens (including phenoxy) is 1. The number of ketones is 1. The molecule has 2 saturated heterocycles. The van der Waals surface area contributed by atoms with Crippen LogP contribution in [0.25, 0.3) is 0 Å². The lowest BCUT2D eigenvalue weighted by Crippen LogP contribution is -2.56. The molecule has 0 spiro atoms. The number of rotatable bonds is 1. The lowest BCUT2D eigenvalue weighted by Gasteiger charge is -2.46. The second-order valence-corrected chi connectivity index (χ2v) is 7.48. The maximum atomic E-state index is 13.1. The SMILES string of the molecule is CC[C@H]1[C@H]2OC(=O)C[C@H]2[C@@H]2CCN3C(=O)C(C)=C(C)C(=O)[C@H]1[C@H]23. The van der Waals surface area contributed by atoms with Gasteiger partial charge in [-0.25, -0.2) is 0 Å². The minimum absolute atomic E-state index is 0.00407. The molecule has 0 bridgehead atoms. The quantitative estimate of drug-likeness (QED) is 0.691. The molecular weight excluding hydrogens is 294 g/mol. The van der Waals surface area contributed by atoms with Crippen LogP contribution >= 0.6 is 0 Å². The van der Waals surface area contributed by atoms with Crippen molar-refractivity contribution in [2.24, 2.45) is 23.7 Å². The number of carbonyl (C=O) groups excluding carboxylic acids is 3. The zero-order valence-corrected chi connectivity index (χ0v) is 13.9. The molecule has 0 aromatic heterocycles. The van der Waals surface area contributed by atoms with E-state index in [-0.39, 0.29) is 53.5 Å². The van der Waals surface area contributed by atoms with E-state index in [1.165, 1.54) is 0 Å². The summed E-state index contributed by atoms with van der Waals surface area (Å²) in [5.41, 5.74) is 1.18. The molecule has 1 saturated carbocycles. The number of hydrogen-bond donors (Lipinski definition) is 0. The Labute approximate surface area is 136 Å². The van der Waals surface area contributed by atoms with Gasteiger partial charge in [0.05, 0.1) is 6.42 Å². The van der Waals surface area contributed by atoms with Crippen LogP contribution in [0.15, 0.2) is 11.1 Å². The first-order valence-corrected chi connectivity index (χ1v) is 8.67. The van der Waals surface area contributed by atoms with Crippen molar-refractivity contribution in [2.45, 2.75) is 52.2 Å². The van der Waals surface area contributed by atoms with Crippen molar-refractivity contribution >= 4 is 17.7 Å². The van der Waals surface area contributed by atoms with Crippen molar-refractivity contribution in [1.82, 2.24) is 4.90 Å². The molecule has 4 aliphatic rings. The predicted octanol–water partition coefficient (Wildman–Crippen LogP) is 1.71. The van der Waals surface area contributed by atoms with E-state index >= 15 is 0 Å². The number of allylic oxidation sites excluding steroid dienone is 1. The summed E-state index contributed by atoms with van der Waals surface area (Å²) < 4.78 is 5.64. The van der Waals surface area contributed by atoms with Gasteiger partial charge in [0, 0.05) is 41.5 Å². The Balaban J connectivity index is 1.85. The van der Waals surface area contributed by atoms with Crippen LogP contribution in [0.5, 0.6) is 0 Å². The number of amides is 1. The molecule has 1 aliphatic carbocycles. The monoisotopic (exact) mass is 317 g/mol. The van der Waals surface area contributed by atoms with E-state index in [0.29, 0.717) is 24.1 Å². The maximum Gasteiger partial charge on any atom is 0.306 e. The second kappa shape index (κ2) is 4.92. The van der Waals surface area contributed by atoms with Crippen LogP contribution in [-0.2, 0) is 19.1 Å². The van der Waals surface area contributed by atoms with Gasteiger partial charge in [-0.05, 0) is 32.6 Å². The van der Waals surface area contributed by atoms with Crippen LogP contribution in [0, 0.1) is 23.7 Å². The number of carbonyl (C=O) groups is 3. The summed E-state index contributed by atoms with van der Waals surface area (Å²) in [5.74, 6) is 0.128. The van der Waals surface area contributed by atoms with Gasteiger partial charge >= 0.3 is 5.97 Å². The minimum atomic E-state index is -0.221. The molecule has 3 fully saturated rings. The standard InChI is InChI=1S/C18H23NO4/c1-4-10-14-15-11(12-7-13(20)23-17(10)12)5-6-19(15)18(22)9(3)8(2)16(14)21/h10-12,14-15,17H,4-7H2,1-3H3/t10-,11+,12+,14-,15+,17-/m1/s1. The fraction of sp³-hybridized carbons (Fsp3) is 0.722. The van der Waals surface area contributed by atoms with E-state index in [1.807, 2.05) is 4.90 Å². The van der Waals surface area contributed by atoms with E-state index in [4.69, 9.17) is 4.74 Å². The van der Waals surface area contributed by atoms with Crippen LogP contribution < -0.4 is 0 Å². The van der Waals surface area contributed by atoms with Gasteiger partial charge in [0.1, 0.15) is 6.10 Å². The third kappa shape index (κ3) is 1.82. The van der Waals surface area contributed by atoms with Crippen LogP contribution in [0.1, 0.15) is 40.0 Å². The zero-order valence-electron chi connectivity index (χ0n) is 13.9. The van der Waals surface area contributed by atoms with Gasteiger partial charge in [0.25, 0.3) is 0 Å². The van der Waals surface area contributed by atoms with Gasteiger partial charge in [-0.2, -0.15) is 0 Å². The van der Waals surface area contributed by atoms with Crippen LogP contribution in [-0.4, -0.2) is 41.3 Å². The number of nitrogens with zero attached hydrogens (tertiary/aromatic N) is 1. The minimum Gasteiger partial charge on any atom is -0.462 e. The van der Waals surface area contributed by atoms with Gasteiger partial charge in [-0.1, -0.05) is 6.92 Å². The fourth-order valence-electron chi connectivity index (χ4n) is 5.50. The summed E-state index contributed by atoms with van der Waals surface area (Å²) >= 11 is 0. The smallest absolute Gasteiger partial charge is 0.306 e. The lowest BCUT2D eigenvalue weighted by molar-refractivity contribution is -0.151. The molecule has 5 nitrogen and oxygen atoms in total. The van der Waals surface area contributed by atoms with Gasteiger partial charge in [-0.3, -0.25) is 14.4 Å². The van der Waals surface area contributed by atoms with Gasteiger partial charge < -0.3 is 9.64 Å². The fourth-order valence-corrected chi connectivity index (χ4v) is 5.50. The van der Waals surface area contributed by atoms with E-state index < -0.39 is 0 Å². The molecule has 0 N–H and O–H groups in total. The van der Waals surface area contributed by atoms with E-state index in [2.05, 4.69) is 6.92 Å². The molecule has 3 heterocycles. The van der Waals surface area contributed by atoms with Gasteiger partial charge in [0.15, 0.2) is 5.78 Å². The van der Waals surface area contributed by atoms with Crippen LogP contribution in [0.3, 0.4) is 0 Å². The molecule has 1 amide bonds. The van der Waals surface area contributed by atoms with Crippen molar-refractivity contribution in [3.8, 4) is 0 Å². The first kappa shape index (κ1) is 14.9. The normalized spacial score (nSPS) is 42.6. The molecule has 6 atom stereocenters. The molecule has 4 rings (SSSR count). The maximum absolute atomic E-state index is 13.1. The highest BCUT2D eigenvalue weighted by atomic mass is 16.6. The number of fused-ring (bicyclic) bond motifs is 2. The molecule has 0 radical (unpaired) electrons. The molecular formula is C18H23NO4. The summed E-state index contributed by atoms with van der Waals surface area (Å²) in [6.07, 6.45) is 1.96. The molecule has 0 aromatic carbocycles. The Bertz CT molecular complexity index is 637. The topological polar surface area (TPSA) is 63.7 Å². The first-order chi connectivity index (χ1) is 11.0. The molecule has 23 heavy (non-hydrogen) atoms. The second-order valence-electron chi connectivity index (χ2n) is 7.48. The number of Topliss-reactive ketones (excluding diaryl/α,β-unsaturated/α-hetero) is 1. The lowest BCUT2D eigenvalue weighted by atomic mass is 9.61. The van der Waals surface area contributed by atoms with Crippen molar-refractivity contribution < 1.29 is 19.1 Å². The average Bonchev–Trinajstić information content (AvgIpc) is 3.11. The predicted molar refractivity (Wildman–Crippen MR) is 82.2 cm³/mol. The Morgan fingerprint density at radius 1 is 1.13 bits per heavy atom. The number of esters is 1. The highest BCUT2D eigenvalue weighted by Gasteiger charge is 2.61. The van der Waals surface area contributed by atoms with E-state index in [0.717, 1.165) is 12.8 Å². The van der Waals surface area contributed by atoms with Crippen molar-refractivity contribution in [2.75, 3.05) is 6.54 Å². The summed E-state index contributed by atoms with van der Waals surface area (Å²) in [6, 6.07) is -0.0527. The Kier molecular flexibility index (Phi) is 3.19. The summed E-state index contributed by atoms with van der Waals surface area (Å²) in [7, 11) is 0. The summed E-state index contributed by atoms with van der Waals surface area (Å²) in [6.45, 7) is 6.28. The van der Waals surface area contributed by atoms with Crippen LogP contribution in [0.2, 0.25) is 0 Å². The molecule has 5 heteroatoms. The Hall–Kier alpha value is -1.65. The Morgan fingerprint density at radius 3 is 2.57 bits per heavy atom. The van der Waals surface area contributed by atoms with Crippen LogP contribution in [0.4, 0.5) is 0 Å². The highest BCUT2D eigenvalue weighted by Crippen LogP contribution is 2.53. The van der Waals surface area contributed by atoms with Crippen molar-refractivity contribution in [1.29, 1.82) is 0 Å². The number of hydrogen-bond acceptors (Lipinski definition) is 4. The molecule has 3 aliphatic heterocycles. The van der Waals surface area contributed by atoms with E-state index in [9.17, 15) is 14.4 Å². The van der Waals surface area contributed by atoms with E-state index in [1.54, 1.807) is 13.8 Å². The largest absolute Gasteiger partial charge is 0.462 e. The third-order valence-electron chi connectivity index (χ3n) is 6.68. The molecule has 124 valence electrons. The first-order valence-electron chi connectivity index (χ1n) is 8.67. The Morgan fingerprint density at radius 2 is 1.87 bits per heavy atom. The highest BCUT2D eigenvalue weighted by molar-refractivity contribution is 6.08. The molecule has 0 unspecified atom stereocenters. The summed E-state index contributed by atoms with van der Waals surface area (Å²) in [4.78, 5) is 39.7. The van der Waals surface area contributed by atoms with Gasteiger partial charge in [0.2, 0.25) is 5.91 Å². The van der Waals surface area contributed by atoms with Crippen molar-refractivity contribution in [3.63, 3.8) is 0 Å². The zero-order chi connectivity index (χ0) is 16.5. The third-order valence-corrected chi connectivity index (χ3v) is 6.68.